The van der Waals surface area contributed by atoms with E-state index in [0.29, 0.717) is 23.2 Å². The topological polar surface area (TPSA) is 80.5 Å². The second-order valence-corrected chi connectivity index (χ2v) is 6.36. The van der Waals surface area contributed by atoms with Gasteiger partial charge in [-0.15, -0.1) is 0 Å². The molecule has 3 heterocycles. The summed E-state index contributed by atoms with van der Waals surface area (Å²) in [5.74, 6) is 1.20. The third-order valence-electron chi connectivity index (χ3n) is 4.73. The molecule has 2 aromatic heterocycles. The van der Waals surface area contributed by atoms with Crippen molar-refractivity contribution in [3.8, 4) is 11.6 Å². The Labute approximate surface area is 144 Å². The lowest BCUT2D eigenvalue weighted by Gasteiger charge is -2.31. The van der Waals surface area contributed by atoms with Crippen LogP contribution in [0.25, 0.3) is 10.9 Å². The van der Waals surface area contributed by atoms with Crippen LogP contribution in [0.3, 0.4) is 0 Å². The van der Waals surface area contributed by atoms with Gasteiger partial charge in [0.15, 0.2) is 0 Å². The number of hydrogen-bond donors (Lipinski definition) is 1. The van der Waals surface area contributed by atoms with Gasteiger partial charge in [0.25, 0.3) is 0 Å². The molecule has 0 fully saturated rings. The van der Waals surface area contributed by atoms with Crippen molar-refractivity contribution in [2.24, 2.45) is 0 Å². The van der Waals surface area contributed by atoms with Gasteiger partial charge in [0.1, 0.15) is 12.1 Å². The predicted octanol–water partition coefficient (Wildman–Crippen LogP) is 3.13. The second kappa shape index (κ2) is 5.86. The lowest BCUT2D eigenvalue weighted by atomic mass is 10.0. The molecule has 1 aromatic carbocycles. The molecule has 0 bridgehead atoms. The highest BCUT2D eigenvalue weighted by atomic mass is 16.5. The highest BCUT2D eigenvalue weighted by Crippen LogP contribution is 2.31. The summed E-state index contributed by atoms with van der Waals surface area (Å²) >= 11 is 0. The maximum atomic E-state index is 11.2. The fourth-order valence-electron chi connectivity index (χ4n) is 3.17. The molecule has 3 aromatic rings. The van der Waals surface area contributed by atoms with Gasteiger partial charge in [-0.25, -0.2) is 14.8 Å². The van der Waals surface area contributed by atoms with Crippen molar-refractivity contribution in [2.45, 2.75) is 25.9 Å². The number of carbonyl (C=O) groups is 1. The molecule has 0 saturated carbocycles. The third-order valence-corrected chi connectivity index (χ3v) is 4.73. The lowest BCUT2D eigenvalue weighted by molar-refractivity contribution is 0.197. The summed E-state index contributed by atoms with van der Waals surface area (Å²) in [5, 5.41) is 9.97. The largest absolute Gasteiger partial charge is 0.464 e. The Hall–Kier alpha value is -2.93. The highest BCUT2D eigenvalue weighted by molar-refractivity contribution is 5.89. The SMILES string of the molecule is C[C@H]1Cc2c(ncnc2Oc2ccc3c(ccn3C(=O)O)c2)CN1C. The summed E-state index contributed by atoms with van der Waals surface area (Å²) in [6.07, 6.45) is 2.88. The Morgan fingerprint density at radius 1 is 1.32 bits per heavy atom. The second-order valence-electron chi connectivity index (χ2n) is 6.36. The van der Waals surface area contributed by atoms with Crippen LogP contribution in [0.1, 0.15) is 18.2 Å². The van der Waals surface area contributed by atoms with Crippen molar-refractivity contribution in [2.75, 3.05) is 7.05 Å². The number of ether oxygens (including phenoxy) is 1. The fourth-order valence-corrected chi connectivity index (χ4v) is 3.17. The standard InChI is InChI=1S/C18H18N4O3/c1-11-7-14-15(9-21(11)2)19-10-20-17(14)25-13-3-4-16-12(8-13)5-6-22(16)18(23)24/h3-6,8,10-11H,7,9H2,1-2H3,(H,23,24)/t11-/m0/s1. The summed E-state index contributed by atoms with van der Waals surface area (Å²) in [7, 11) is 2.08. The maximum absolute atomic E-state index is 11.2. The first kappa shape index (κ1) is 15.6. The average Bonchev–Trinajstić information content (AvgIpc) is 3.00. The molecule has 7 heteroatoms. The minimum atomic E-state index is -1.01. The van der Waals surface area contributed by atoms with Gasteiger partial charge >= 0.3 is 6.09 Å². The summed E-state index contributed by atoms with van der Waals surface area (Å²) in [5.41, 5.74) is 2.65. The molecule has 0 radical (unpaired) electrons. The quantitative estimate of drug-likeness (QED) is 0.773. The van der Waals surface area contributed by atoms with Crippen molar-refractivity contribution in [1.29, 1.82) is 0 Å². The normalized spacial score (nSPS) is 17.4. The van der Waals surface area contributed by atoms with E-state index in [0.717, 1.165) is 29.6 Å². The molecule has 0 saturated heterocycles. The number of fused-ring (bicyclic) bond motifs is 2. The summed E-state index contributed by atoms with van der Waals surface area (Å²) in [6, 6.07) is 7.47. The zero-order valence-corrected chi connectivity index (χ0v) is 14.0. The Morgan fingerprint density at radius 2 is 2.16 bits per heavy atom. The third kappa shape index (κ3) is 2.72. The van der Waals surface area contributed by atoms with Crippen LogP contribution in [0, 0.1) is 0 Å². The first-order chi connectivity index (χ1) is 12.0. The number of hydrogen-bond acceptors (Lipinski definition) is 5. The average molecular weight is 338 g/mol. The molecule has 0 unspecified atom stereocenters. The first-order valence-electron chi connectivity index (χ1n) is 8.08. The monoisotopic (exact) mass is 338 g/mol. The smallest absolute Gasteiger partial charge is 0.415 e. The van der Waals surface area contributed by atoms with Gasteiger partial charge in [-0.3, -0.25) is 9.47 Å². The van der Waals surface area contributed by atoms with E-state index in [1.54, 1.807) is 18.2 Å². The van der Waals surface area contributed by atoms with E-state index in [4.69, 9.17) is 9.84 Å². The van der Waals surface area contributed by atoms with Crippen LogP contribution in [0.15, 0.2) is 36.8 Å². The number of benzene rings is 1. The Balaban J connectivity index is 1.68. The zero-order valence-electron chi connectivity index (χ0n) is 14.0. The molecule has 1 atom stereocenters. The molecule has 1 aliphatic rings. The number of rotatable bonds is 2. The molecule has 0 aliphatic carbocycles. The maximum Gasteiger partial charge on any atom is 0.415 e. The van der Waals surface area contributed by atoms with Crippen LogP contribution in [0.4, 0.5) is 4.79 Å². The van der Waals surface area contributed by atoms with Crippen LogP contribution < -0.4 is 4.74 Å². The van der Waals surface area contributed by atoms with Gasteiger partial charge in [-0.1, -0.05) is 0 Å². The molecule has 7 nitrogen and oxygen atoms in total. The van der Waals surface area contributed by atoms with Gasteiger partial charge in [-0.2, -0.15) is 0 Å². The molecule has 1 N–H and O–H groups in total. The number of nitrogens with zero attached hydrogens (tertiary/aromatic N) is 4. The van der Waals surface area contributed by atoms with Gasteiger partial charge in [0, 0.05) is 29.7 Å². The zero-order chi connectivity index (χ0) is 17.6. The van der Waals surface area contributed by atoms with Crippen LogP contribution in [-0.2, 0) is 13.0 Å². The lowest BCUT2D eigenvalue weighted by Crippen LogP contribution is -2.35. The van der Waals surface area contributed by atoms with Gasteiger partial charge in [0.05, 0.1) is 11.2 Å². The fraction of sp³-hybridized carbons (Fsp3) is 0.278. The van der Waals surface area contributed by atoms with Gasteiger partial charge < -0.3 is 9.84 Å². The summed E-state index contributed by atoms with van der Waals surface area (Å²) in [6.45, 7) is 2.94. The molecule has 4 rings (SSSR count). The van der Waals surface area contributed by atoms with Crippen LogP contribution in [0.5, 0.6) is 11.6 Å². The molecular weight excluding hydrogens is 320 g/mol. The number of carboxylic acid groups (broad SMARTS) is 1. The Kier molecular flexibility index (Phi) is 3.65. The minimum Gasteiger partial charge on any atom is -0.464 e. The molecular formula is C18H18N4O3. The molecule has 1 aliphatic heterocycles. The molecule has 128 valence electrons. The van der Waals surface area contributed by atoms with Crippen LogP contribution in [-0.4, -0.2) is 43.7 Å². The minimum absolute atomic E-state index is 0.396. The van der Waals surface area contributed by atoms with Crippen molar-refractivity contribution < 1.29 is 14.6 Å². The van der Waals surface area contributed by atoms with E-state index in [9.17, 15) is 4.79 Å². The highest BCUT2D eigenvalue weighted by Gasteiger charge is 2.25. The number of aromatic nitrogens is 3. The van der Waals surface area contributed by atoms with E-state index in [1.165, 1.54) is 17.1 Å². The molecule has 0 amide bonds. The Bertz CT molecular complexity index is 966. The van der Waals surface area contributed by atoms with Gasteiger partial charge in [0.2, 0.25) is 5.88 Å². The van der Waals surface area contributed by atoms with Crippen molar-refractivity contribution in [3.05, 3.63) is 48.0 Å². The van der Waals surface area contributed by atoms with Crippen molar-refractivity contribution in [3.63, 3.8) is 0 Å². The Morgan fingerprint density at radius 3 is 2.96 bits per heavy atom. The molecule has 25 heavy (non-hydrogen) atoms. The van der Waals surface area contributed by atoms with Gasteiger partial charge in [-0.05, 0) is 44.7 Å². The van der Waals surface area contributed by atoms with E-state index >= 15 is 0 Å². The first-order valence-corrected chi connectivity index (χ1v) is 8.08. The van der Waals surface area contributed by atoms with E-state index in [1.807, 2.05) is 6.07 Å². The molecule has 0 spiro atoms. The van der Waals surface area contributed by atoms with E-state index in [-0.39, 0.29) is 0 Å². The van der Waals surface area contributed by atoms with Crippen LogP contribution in [0.2, 0.25) is 0 Å². The van der Waals surface area contributed by atoms with Crippen molar-refractivity contribution in [1.82, 2.24) is 19.4 Å². The summed E-state index contributed by atoms with van der Waals surface area (Å²) < 4.78 is 7.20. The van der Waals surface area contributed by atoms with Crippen molar-refractivity contribution >= 4 is 17.0 Å². The van der Waals surface area contributed by atoms with E-state index < -0.39 is 6.09 Å². The summed E-state index contributed by atoms with van der Waals surface area (Å²) in [4.78, 5) is 22.1. The van der Waals surface area contributed by atoms with Crippen LogP contribution >= 0.6 is 0 Å². The number of likely N-dealkylation sites (N-methyl/N-ethyl adjacent to an activating group) is 1. The van der Waals surface area contributed by atoms with E-state index in [2.05, 4.69) is 28.8 Å². The predicted molar refractivity (Wildman–Crippen MR) is 92.1 cm³/mol.